The molecule has 0 aliphatic heterocycles. The van der Waals surface area contributed by atoms with Crippen molar-refractivity contribution >= 4 is 36.4 Å². The van der Waals surface area contributed by atoms with E-state index in [1.807, 2.05) is 33.2 Å². The molecule has 110 valence electrons. The van der Waals surface area contributed by atoms with Crippen molar-refractivity contribution in [2.45, 2.75) is 26.4 Å². The quantitative estimate of drug-likeness (QED) is 0.896. The number of anilines is 1. The fraction of sp³-hybridized carbons (Fsp3) is 0.462. The van der Waals surface area contributed by atoms with E-state index in [-0.39, 0.29) is 30.7 Å². The van der Waals surface area contributed by atoms with E-state index in [0.717, 1.165) is 17.8 Å². The van der Waals surface area contributed by atoms with Crippen LogP contribution in [0.4, 0.5) is 5.69 Å². The van der Waals surface area contributed by atoms with Crippen LogP contribution in [0, 0.1) is 6.92 Å². The van der Waals surface area contributed by atoms with Crippen LogP contribution in [0.25, 0.3) is 0 Å². The van der Waals surface area contributed by atoms with E-state index in [1.165, 1.54) is 5.56 Å². The summed E-state index contributed by atoms with van der Waals surface area (Å²) in [6.45, 7) is 4.50. The molecule has 3 N–H and O–H groups in total. The Hall–Kier alpha value is -0.810. The lowest BCUT2D eigenvalue weighted by atomic mass is 10.1. The van der Waals surface area contributed by atoms with Crippen LogP contribution < -0.4 is 11.1 Å². The van der Waals surface area contributed by atoms with E-state index < -0.39 is 6.04 Å². The van der Waals surface area contributed by atoms with E-state index in [9.17, 15) is 4.79 Å². The zero-order valence-corrected chi connectivity index (χ0v) is 13.4. The zero-order chi connectivity index (χ0) is 13.0. The number of rotatable bonds is 4. The summed E-state index contributed by atoms with van der Waals surface area (Å²) in [6, 6.07) is 5.49. The number of carbonyl (C=O) groups is 1. The van der Waals surface area contributed by atoms with Gasteiger partial charge in [0.2, 0.25) is 5.91 Å². The average Bonchev–Trinajstić information content (AvgIpc) is 2.20. The summed E-state index contributed by atoms with van der Waals surface area (Å²) in [6.07, 6.45) is 0. The molecule has 6 heteroatoms. The van der Waals surface area contributed by atoms with Crippen LogP contribution >= 0.6 is 24.8 Å². The van der Waals surface area contributed by atoms with Crippen molar-refractivity contribution in [1.82, 2.24) is 4.90 Å². The number of carbonyl (C=O) groups excluding carboxylic acids is 1. The molecule has 0 heterocycles. The highest BCUT2D eigenvalue weighted by Gasteiger charge is 2.11. The zero-order valence-electron chi connectivity index (χ0n) is 11.8. The van der Waals surface area contributed by atoms with Gasteiger partial charge in [0.1, 0.15) is 0 Å². The lowest BCUT2D eigenvalue weighted by Gasteiger charge is -2.16. The maximum atomic E-state index is 11.6. The van der Waals surface area contributed by atoms with Crippen molar-refractivity contribution in [1.29, 1.82) is 0 Å². The van der Waals surface area contributed by atoms with Crippen molar-refractivity contribution < 1.29 is 4.79 Å². The highest BCUT2D eigenvalue weighted by Crippen LogP contribution is 2.18. The minimum atomic E-state index is -0.497. The summed E-state index contributed by atoms with van der Waals surface area (Å²) >= 11 is 0. The molecular weight excluding hydrogens is 285 g/mol. The fourth-order valence-corrected chi connectivity index (χ4v) is 1.56. The van der Waals surface area contributed by atoms with Crippen molar-refractivity contribution in [3.8, 4) is 0 Å². The van der Waals surface area contributed by atoms with Crippen LogP contribution in [-0.4, -0.2) is 30.9 Å². The van der Waals surface area contributed by atoms with Gasteiger partial charge in [0.25, 0.3) is 0 Å². The van der Waals surface area contributed by atoms with Gasteiger partial charge in [-0.2, -0.15) is 0 Å². The third-order valence-corrected chi connectivity index (χ3v) is 2.42. The maximum Gasteiger partial charge on any atom is 0.241 e. The van der Waals surface area contributed by atoms with Gasteiger partial charge in [-0.25, -0.2) is 0 Å². The topological polar surface area (TPSA) is 58.4 Å². The third kappa shape index (κ3) is 6.78. The Kier molecular flexibility index (Phi) is 9.88. The van der Waals surface area contributed by atoms with Gasteiger partial charge in [0.15, 0.2) is 0 Å². The molecule has 0 saturated heterocycles. The molecular formula is C13H23Cl2N3O. The molecule has 4 nitrogen and oxygen atoms in total. The number of hydrogen-bond acceptors (Lipinski definition) is 3. The summed E-state index contributed by atoms with van der Waals surface area (Å²) in [4.78, 5) is 13.7. The van der Waals surface area contributed by atoms with E-state index in [0.29, 0.717) is 0 Å². The molecule has 1 amide bonds. The molecule has 19 heavy (non-hydrogen) atoms. The second kappa shape index (κ2) is 9.15. The molecule has 1 atom stereocenters. The first-order chi connectivity index (χ1) is 7.90. The van der Waals surface area contributed by atoms with Gasteiger partial charge in [0, 0.05) is 12.2 Å². The Morgan fingerprint density at radius 1 is 1.37 bits per heavy atom. The predicted octanol–water partition coefficient (Wildman–Crippen LogP) is 2.19. The second-order valence-electron chi connectivity index (χ2n) is 4.68. The van der Waals surface area contributed by atoms with Gasteiger partial charge in [-0.1, -0.05) is 17.7 Å². The fourth-order valence-electron chi connectivity index (χ4n) is 1.56. The molecule has 0 spiro atoms. The lowest BCUT2D eigenvalue weighted by molar-refractivity contribution is -0.117. The Labute approximate surface area is 127 Å². The Morgan fingerprint density at radius 2 is 1.95 bits per heavy atom. The maximum absolute atomic E-state index is 11.6. The van der Waals surface area contributed by atoms with Crippen molar-refractivity contribution in [3.63, 3.8) is 0 Å². The van der Waals surface area contributed by atoms with Crippen LogP contribution in [0.2, 0.25) is 0 Å². The number of hydrogen-bond donors (Lipinski definition) is 2. The highest BCUT2D eigenvalue weighted by atomic mass is 35.5. The van der Waals surface area contributed by atoms with Crippen LogP contribution in [-0.2, 0) is 11.3 Å². The van der Waals surface area contributed by atoms with E-state index in [4.69, 9.17) is 5.73 Å². The Morgan fingerprint density at radius 3 is 2.42 bits per heavy atom. The van der Waals surface area contributed by atoms with Crippen molar-refractivity contribution in [2.75, 3.05) is 19.4 Å². The smallest absolute Gasteiger partial charge is 0.241 e. The van der Waals surface area contributed by atoms with Crippen LogP contribution in [0.1, 0.15) is 18.1 Å². The van der Waals surface area contributed by atoms with E-state index in [1.54, 1.807) is 6.92 Å². The SMILES string of the molecule is Cc1ccc(NC(=O)[C@@H](C)N)c(CN(C)C)c1.Cl.Cl. The number of benzene rings is 1. The third-order valence-electron chi connectivity index (χ3n) is 2.42. The summed E-state index contributed by atoms with van der Waals surface area (Å²) in [5, 5.41) is 2.85. The number of nitrogens with two attached hydrogens (primary N) is 1. The van der Waals surface area contributed by atoms with Gasteiger partial charge in [-0.15, -0.1) is 24.8 Å². The molecule has 0 aromatic heterocycles. The van der Waals surface area contributed by atoms with Crippen LogP contribution in [0.3, 0.4) is 0 Å². The number of halogens is 2. The van der Waals surface area contributed by atoms with E-state index in [2.05, 4.69) is 16.3 Å². The predicted molar refractivity (Wildman–Crippen MR) is 85.3 cm³/mol. The Balaban J connectivity index is 0. The largest absolute Gasteiger partial charge is 0.324 e. The standard InChI is InChI=1S/C13H21N3O.2ClH/c1-9-5-6-12(15-13(17)10(2)14)11(7-9)8-16(3)4;;/h5-7,10H,8,14H2,1-4H3,(H,15,17);2*1H/t10-;;/m1../s1. The van der Waals surface area contributed by atoms with Crippen LogP contribution in [0.5, 0.6) is 0 Å². The number of nitrogens with zero attached hydrogens (tertiary/aromatic N) is 1. The number of aryl methyl sites for hydroxylation is 1. The summed E-state index contributed by atoms with van der Waals surface area (Å²) in [5.74, 6) is -0.158. The first-order valence-electron chi connectivity index (χ1n) is 5.71. The molecule has 0 fully saturated rings. The minimum absolute atomic E-state index is 0. The molecule has 1 rings (SSSR count). The summed E-state index contributed by atoms with van der Waals surface area (Å²) in [5.41, 5.74) is 8.66. The van der Waals surface area contributed by atoms with Gasteiger partial charge in [-0.3, -0.25) is 4.79 Å². The first kappa shape index (κ1) is 20.5. The molecule has 1 aromatic rings. The average molecular weight is 308 g/mol. The minimum Gasteiger partial charge on any atom is -0.324 e. The normalized spacial score (nSPS) is 11.3. The van der Waals surface area contributed by atoms with Crippen molar-refractivity contribution in [2.24, 2.45) is 5.73 Å². The molecule has 0 radical (unpaired) electrons. The number of amides is 1. The molecule has 0 aliphatic carbocycles. The van der Waals surface area contributed by atoms with Crippen molar-refractivity contribution in [3.05, 3.63) is 29.3 Å². The summed E-state index contributed by atoms with van der Waals surface area (Å²) < 4.78 is 0. The Bertz CT molecular complexity index is 409. The van der Waals surface area contributed by atoms with Crippen LogP contribution in [0.15, 0.2) is 18.2 Å². The monoisotopic (exact) mass is 307 g/mol. The van der Waals surface area contributed by atoms with Gasteiger partial charge in [0.05, 0.1) is 6.04 Å². The lowest BCUT2D eigenvalue weighted by Crippen LogP contribution is -2.33. The first-order valence-corrected chi connectivity index (χ1v) is 5.71. The molecule has 1 aromatic carbocycles. The molecule has 0 unspecified atom stereocenters. The van der Waals surface area contributed by atoms with E-state index >= 15 is 0 Å². The number of nitrogens with one attached hydrogen (secondary N) is 1. The molecule has 0 aliphatic rings. The summed E-state index contributed by atoms with van der Waals surface area (Å²) in [7, 11) is 4.00. The second-order valence-corrected chi connectivity index (χ2v) is 4.68. The van der Waals surface area contributed by atoms with Gasteiger partial charge < -0.3 is 16.0 Å². The van der Waals surface area contributed by atoms with Gasteiger partial charge in [-0.05, 0) is 39.6 Å². The highest BCUT2D eigenvalue weighted by molar-refractivity contribution is 5.95. The molecule has 0 saturated carbocycles. The molecule has 0 bridgehead atoms. The van der Waals surface area contributed by atoms with Gasteiger partial charge >= 0.3 is 0 Å².